The Morgan fingerprint density at radius 2 is 1.71 bits per heavy atom. The molecule has 3 heteroatoms. The second kappa shape index (κ2) is 4.19. The van der Waals surface area contributed by atoms with Crippen LogP contribution in [0.25, 0.3) is 0 Å². The van der Waals surface area contributed by atoms with Crippen molar-refractivity contribution in [2.24, 2.45) is 0 Å². The minimum Gasteiger partial charge on any atom is -0.205 e. The van der Waals surface area contributed by atoms with E-state index in [1.54, 1.807) is 6.07 Å². The van der Waals surface area contributed by atoms with Crippen molar-refractivity contribution in [2.45, 2.75) is 26.2 Å². The number of hydrogen-bond acceptors (Lipinski definition) is 1. The van der Waals surface area contributed by atoms with Crippen LogP contribution in [0.4, 0.5) is 8.78 Å². The van der Waals surface area contributed by atoms with Crippen LogP contribution in [0.3, 0.4) is 0 Å². The van der Waals surface area contributed by atoms with Gasteiger partial charge in [0, 0.05) is 5.56 Å². The van der Waals surface area contributed by atoms with Gasteiger partial charge in [0.15, 0.2) is 0 Å². The van der Waals surface area contributed by atoms with Gasteiger partial charge < -0.3 is 0 Å². The first-order valence-corrected chi connectivity index (χ1v) is 4.37. The zero-order valence-electron chi connectivity index (χ0n) is 8.09. The first-order valence-electron chi connectivity index (χ1n) is 4.37. The Kier molecular flexibility index (Phi) is 3.19. The van der Waals surface area contributed by atoms with Crippen molar-refractivity contribution < 1.29 is 8.78 Å². The van der Waals surface area contributed by atoms with Gasteiger partial charge in [-0.15, -0.1) is 0 Å². The van der Waals surface area contributed by atoms with Gasteiger partial charge in [0.05, 0.1) is 11.6 Å². The summed E-state index contributed by atoms with van der Waals surface area (Å²) in [7, 11) is 0. The van der Waals surface area contributed by atoms with E-state index in [1.807, 2.05) is 19.9 Å². The molecule has 0 atom stereocenters. The monoisotopic (exact) mass is 195 g/mol. The molecule has 14 heavy (non-hydrogen) atoms. The van der Waals surface area contributed by atoms with Crippen molar-refractivity contribution >= 4 is 0 Å². The fourth-order valence-electron chi connectivity index (χ4n) is 1.20. The van der Waals surface area contributed by atoms with E-state index in [4.69, 9.17) is 5.26 Å². The van der Waals surface area contributed by atoms with Crippen molar-refractivity contribution in [2.75, 3.05) is 0 Å². The van der Waals surface area contributed by atoms with Gasteiger partial charge in [-0.1, -0.05) is 13.8 Å². The summed E-state index contributed by atoms with van der Waals surface area (Å²) in [6.45, 7) is 3.82. The lowest BCUT2D eigenvalue weighted by molar-refractivity contribution is 0.151. The summed E-state index contributed by atoms with van der Waals surface area (Å²) in [5.41, 5.74) is 0.999. The lowest BCUT2D eigenvalue weighted by atomic mass is 9.98. The quantitative estimate of drug-likeness (QED) is 0.707. The molecule has 0 spiro atoms. The lowest BCUT2D eigenvalue weighted by Gasteiger charge is -2.08. The number of hydrogen-bond donors (Lipinski definition) is 0. The molecule has 0 aromatic heterocycles. The van der Waals surface area contributed by atoms with Gasteiger partial charge in [0.1, 0.15) is 0 Å². The van der Waals surface area contributed by atoms with Gasteiger partial charge in [-0.2, -0.15) is 5.26 Å². The van der Waals surface area contributed by atoms with Crippen molar-refractivity contribution in [3.63, 3.8) is 0 Å². The van der Waals surface area contributed by atoms with Crippen LogP contribution >= 0.6 is 0 Å². The normalized spacial score (nSPS) is 10.6. The van der Waals surface area contributed by atoms with Gasteiger partial charge in [0.2, 0.25) is 0 Å². The highest BCUT2D eigenvalue weighted by Crippen LogP contribution is 2.24. The Morgan fingerprint density at radius 1 is 1.14 bits per heavy atom. The molecule has 1 rings (SSSR count). The molecule has 1 aromatic rings. The van der Waals surface area contributed by atoms with Crippen molar-refractivity contribution in [3.8, 4) is 6.07 Å². The van der Waals surface area contributed by atoms with Crippen LogP contribution < -0.4 is 0 Å². The first-order chi connectivity index (χ1) is 6.54. The highest BCUT2D eigenvalue weighted by Gasteiger charge is 2.11. The molecular weight excluding hydrogens is 184 g/mol. The number of alkyl halides is 2. The van der Waals surface area contributed by atoms with Gasteiger partial charge in [-0.25, -0.2) is 8.78 Å². The summed E-state index contributed by atoms with van der Waals surface area (Å²) in [5, 5.41) is 8.66. The largest absolute Gasteiger partial charge is 0.263 e. The summed E-state index contributed by atoms with van der Waals surface area (Å²) in [5.74, 6) is 0.154. The summed E-state index contributed by atoms with van der Waals surface area (Å²) >= 11 is 0. The maximum absolute atomic E-state index is 12.4. The minimum atomic E-state index is -2.51. The maximum atomic E-state index is 12.4. The zero-order valence-corrected chi connectivity index (χ0v) is 8.09. The third kappa shape index (κ3) is 2.29. The van der Waals surface area contributed by atoms with Crippen LogP contribution in [-0.4, -0.2) is 0 Å². The van der Waals surface area contributed by atoms with E-state index < -0.39 is 6.43 Å². The molecule has 0 aliphatic heterocycles. The third-order valence-corrected chi connectivity index (χ3v) is 2.03. The molecule has 1 nitrogen and oxygen atoms in total. The molecule has 74 valence electrons. The molecule has 0 N–H and O–H groups in total. The number of nitrogens with zero attached hydrogens (tertiary/aromatic N) is 1. The molecule has 0 fully saturated rings. The Morgan fingerprint density at radius 3 is 2.14 bits per heavy atom. The number of halogens is 2. The molecule has 0 saturated heterocycles. The predicted molar refractivity (Wildman–Crippen MR) is 50.2 cm³/mol. The van der Waals surface area contributed by atoms with E-state index in [0.29, 0.717) is 5.56 Å². The highest BCUT2D eigenvalue weighted by atomic mass is 19.3. The van der Waals surface area contributed by atoms with Gasteiger partial charge >= 0.3 is 0 Å². The molecular formula is C11H11F2N. The SMILES string of the molecule is CC(C)c1cc(C#N)cc(C(F)F)c1. The molecule has 0 radical (unpaired) electrons. The van der Waals surface area contributed by atoms with Gasteiger partial charge in [-0.05, 0) is 29.7 Å². The second-order valence-electron chi connectivity index (χ2n) is 3.46. The van der Waals surface area contributed by atoms with E-state index in [-0.39, 0.29) is 11.5 Å². The standard InChI is InChI=1S/C11H11F2N/c1-7(2)9-3-8(6-14)4-10(5-9)11(12)13/h3-5,7,11H,1-2H3. The fraction of sp³-hybridized carbons (Fsp3) is 0.364. The molecule has 0 heterocycles. The van der Waals surface area contributed by atoms with E-state index in [2.05, 4.69) is 0 Å². The Labute approximate surface area is 82.0 Å². The summed E-state index contributed by atoms with van der Waals surface area (Å²) in [6.07, 6.45) is -2.51. The molecule has 0 amide bonds. The van der Waals surface area contributed by atoms with Crippen LogP contribution in [0.15, 0.2) is 18.2 Å². The maximum Gasteiger partial charge on any atom is 0.263 e. The molecule has 0 aliphatic carbocycles. The first kappa shape index (κ1) is 10.6. The van der Waals surface area contributed by atoms with E-state index in [9.17, 15) is 8.78 Å². The highest BCUT2D eigenvalue weighted by molar-refractivity contribution is 5.39. The Bertz CT molecular complexity index is 338. The van der Waals surface area contributed by atoms with E-state index >= 15 is 0 Å². The van der Waals surface area contributed by atoms with E-state index in [1.165, 1.54) is 12.1 Å². The summed E-state index contributed by atoms with van der Waals surface area (Å²) in [6, 6.07) is 6.22. The molecule has 0 unspecified atom stereocenters. The fourth-order valence-corrected chi connectivity index (χ4v) is 1.20. The van der Waals surface area contributed by atoms with E-state index in [0.717, 1.165) is 5.56 Å². The van der Waals surface area contributed by atoms with Crippen molar-refractivity contribution in [3.05, 3.63) is 34.9 Å². The lowest BCUT2D eigenvalue weighted by Crippen LogP contribution is -1.93. The molecule has 0 aliphatic rings. The van der Waals surface area contributed by atoms with Crippen LogP contribution in [0.1, 0.15) is 42.9 Å². The van der Waals surface area contributed by atoms with Crippen LogP contribution in [0.5, 0.6) is 0 Å². The zero-order chi connectivity index (χ0) is 10.7. The molecule has 0 bridgehead atoms. The smallest absolute Gasteiger partial charge is 0.205 e. The second-order valence-corrected chi connectivity index (χ2v) is 3.46. The number of benzene rings is 1. The summed E-state index contributed by atoms with van der Waals surface area (Å²) < 4.78 is 24.8. The number of rotatable bonds is 2. The minimum absolute atomic E-state index is 0.0762. The average Bonchev–Trinajstić information content (AvgIpc) is 2.16. The van der Waals surface area contributed by atoms with Gasteiger partial charge in [0.25, 0.3) is 6.43 Å². The van der Waals surface area contributed by atoms with Crippen molar-refractivity contribution in [1.29, 1.82) is 5.26 Å². The average molecular weight is 195 g/mol. The van der Waals surface area contributed by atoms with Crippen LogP contribution in [-0.2, 0) is 0 Å². The number of nitriles is 1. The van der Waals surface area contributed by atoms with Crippen molar-refractivity contribution in [1.82, 2.24) is 0 Å². The third-order valence-electron chi connectivity index (χ3n) is 2.03. The topological polar surface area (TPSA) is 23.8 Å². The molecule has 0 saturated carbocycles. The Hall–Kier alpha value is -1.43. The Balaban J connectivity index is 3.22. The predicted octanol–water partition coefficient (Wildman–Crippen LogP) is 3.62. The van der Waals surface area contributed by atoms with Gasteiger partial charge in [-0.3, -0.25) is 0 Å². The van der Waals surface area contributed by atoms with Crippen LogP contribution in [0.2, 0.25) is 0 Å². The van der Waals surface area contributed by atoms with Crippen LogP contribution in [0, 0.1) is 11.3 Å². The summed E-state index contributed by atoms with van der Waals surface area (Å²) in [4.78, 5) is 0. The molecule has 1 aromatic carbocycles.